The molecule has 1 N–H and O–H groups in total. The van der Waals surface area contributed by atoms with Gasteiger partial charge >= 0.3 is 0 Å². The van der Waals surface area contributed by atoms with Gasteiger partial charge in [0.05, 0.1) is 0 Å². The van der Waals surface area contributed by atoms with Crippen LogP contribution in [0.1, 0.15) is 18.4 Å². The first-order chi connectivity index (χ1) is 9.74. The van der Waals surface area contributed by atoms with Crippen LogP contribution in [0.5, 0.6) is 5.75 Å². The molecule has 20 heavy (non-hydrogen) atoms. The number of nitrogens with one attached hydrogen (secondary N) is 1. The molecule has 0 aliphatic carbocycles. The second-order valence-corrected chi connectivity index (χ2v) is 6.46. The monoisotopic (exact) mass is 294 g/mol. The van der Waals surface area contributed by atoms with Crippen LogP contribution in [-0.4, -0.2) is 44.2 Å². The fraction of sp³-hybridized carbons (Fsp3) is 0.625. The van der Waals surface area contributed by atoms with Crippen LogP contribution in [0, 0.1) is 5.92 Å². The van der Waals surface area contributed by atoms with E-state index in [4.69, 9.17) is 16.3 Å². The fourth-order valence-electron chi connectivity index (χ4n) is 3.45. The van der Waals surface area contributed by atoms with Crippen LogP contribution >= 0.6 is 11.6 Å². The largest absolute Gasteiger partial charge is 0.488 e. The number of fused-ring (bicyclic) bond motifs is 1. The van der Waals surface area contributed by atoms with Gasteiger partial charge in [0.2, 0.25) is 0 Å². The summed E-state index contributed by atoms with van der Waals surface area (Å²) < 4.78 is 6.04. The third-order valence-corrected chi connectivity index (χ3v) is 4.56. The molecule has 0 amide bonds. The van der Waals surface area contributed by atoms with E-state index in [1.54, 1.807) is 0 Å². The maximum absolute atomic E-state index is 6.04. The zero-order valence-corrected chi connectivity index (χ0v) is 12.8. The normalized spacial score (nSPS) is 26.3. The highest BCUT2D eigenvalue weighted by Crippen LogP contribution is 2.31. The number of likely N-dealkylation sites (tertiary alicyclic amines) is 1. The highest BCUT2D eigenvalue weighted by Gasteiger charge is 2.27. The molecule has 1 saturated heterocycles. The van der Waals surface area contributed by atoms with Crippen molar-refractivity contribution in [3.8, 4) is 5.75 Å². The zero-order valence-electron chi connectivity index (χ0n) is 12.1. The number of ether oxygens (including phenoxy) is 1. The third kappa shape index (κ3) is 3.27. The fourth-order valence-corrected chi connectivity index (χ4v) is 3.65. The van der Waals surface area contributed by atoms with Crippen molar-refractivity contribution in [2.45, 2.75) is 25.4 Å². The minimum atomic E-state index is 0.289. The summed E-state index contributed by atoms with van der Waals surface area (Å²) in [6.45, 7) is 4.55. The van der Waals surface area contributed by atoms with Gasteiger partial charge in [0.25, 0.3) is 0 Å². The lowest BCUT2D eigenvalue weighted by atomic mass is 9.97. The van der Waals surface area contributed by atoms with Crippen molar-refractivity contribution in [3.63, 3.8) is 0 Å². The molecule has 110 valence electrons. The van der Waals surface area contributed by atoms with E-state index in [1.165, 1.54) is 31.5 Å². The highest BCUT2D eigenvalue weighted by molar-refractivity contribution is 6.30. The number of piperidine rings is 1. The first-order valence-corrected chi connectivity index (χ1v) is 7.94. The third-order valence-electron chi connectivity index (χ3n) is 4.32. The van der Waals surface area contributed by atoms with Gasteiger partial charge in [-0.2, -0.15) is 0 Å². The zero-order chi connectivity index (χ0) is 13.9. The predicted molar refractivity (Wildman–Crippen MR) is 82.7 cm³/mol. The molecule has 2 aliphatic heterocycles. The highest BCUT2D eigenvalue weighted by atomic mass is 35.5. The lowest BCUT2D eigenvalue weighted by Crippen LogP contribution is -2.43. The number of halogens is 1. The summed E-state index contributed by atoms with van der Waals surface area (Å²) in [5.41, 5.74) is 1.26. The van der Waals surface area contributed by atoms with Crippen LogP contribution in [0.2, 0.25) is 5.02 Å². The van der Waals surface area contributed by atoms with E-state index in [0.717, 1.165) is 36.2 Å². The minimum Gasteiger partial charge on any atom is -0.488 e. The lowest BCUT2D eigenvalue weighted by molar-refractivity contribution is 0.111. The molecule has 1 fully saturated rings. The quantitative estimate of drug-likeness (QED) is 0.924. The van der Waals surface area contributed by atoms with Crippen molar-refractivity contribution in [1.29, 1.82) is 0 Å². The molecule has 2 atom stereocenters. The second-order valence-electron chi connectivity index (χ2n) is 6.02. The Morgan fingerprint density at radius 2 is 2.35 bits per heavy atom. The summed E-state index contributed by atoms with van der Waals surface area (Å²) in [6.07, 6.45) is 3.93. The van der Waals surface area contributed by atoms with Crippen LogP contribution < -0.4 is 10.1 Å². The average Bonchev–Trinajstić information content (AvgIpc) is 2.81. The molecule has 3 rings (SSSR count). The van der Waals surface area contributed by atoms with E-state index < -0.39 is 0 Å². The second kappa shape index (κ2) is 6.33. The van der Waals surface area contributed by atoms with Gasteiger partial charge in [0.15, 0.2) is 0 Å². The molecule has 1 aromatic carbocycles. The van der Waals surface area contributed by atoms with Gasteiger partial charge in [-0.25, -0.2) is 0 Å². The van der Waals surface area contributed by atoms with Gasteiger partial charge < -0.3 is 10.1 Å². The van der Waals surface area contributed by atoms with Crippen molar-refractivity contribution in [2.24, 2.45) is 5.92 Å². The van der Waals surface area contributed by atoms with Gasteiger partial charge in [-0.05, 0) is 62.7 Å². The molecule has 3 nitrogen and oxygen atoms in total. The Morgan fingerprint density at radius 1 is 1.45 bits per heavy atom. The maximum Gasteiger partial charge on any atom is 0.123 e. The maximum atomic E-state index is 6.04. The summed E-state index contributed by atoms with van der Waals surface area (Å²) in [7, 11) is 2.04. The molecule has 1 aromatic rings. The molecule has 2 aliphatic rings. The smallest absolute Gasteiger partial charge is 0.123 e. The molecular formula is C16H23ClN2O. The Morgan fingerprint density at radius 3 is 3.20 bits per heavy atom. The summed E-state index contributed by atoms with van der Waals surface area (Å²) in [5, 5.41) is 4.11. The Bertz CT molecular complexity index is 464. The van der Waals surface area contributed by atoms with Crippen LogP contribution in [-0.2, 0) is 6.42 Å². The summed E-state index contributed by atoms with van der Waals surface area (Å²) in [5.74, 6) is 1.80. The van der Waals surface area contributed by atoms with Crippen LogP contribution in [0.25, 0.3) is 0 Å². The number of nitrogens with zero attached hydrogens (tertiary/aromatic N) is 1. The summed E-state index contributed by atoms with van der Waals surface area (Å²) in [4.78, 5) is 2.56. The number of rotatable bonds is 4. The number of benzene rings is 1. The Hall–Kier alpha value is -0.770. The molecular weight excluding hydrogens is 272 g/mol. The minimum absolute atomic E-state index is 0.289. The van der Waals surface area contributed by atoms with E-state index in [1.807, 2.05) is 25.2 Å². The molecule has 4 heteroatoms. The van der Waals surface area contributed by atoms with Gasteiger partial charge in [0, 0.05) is 24.5 Å². The average molecular weight is 295 g/mol. The first kappa shape index (κ1) is 14.2. The summed E-state index contributed by atoms with van der Waals surface area (Å²) >= 11 is 6.04. The van der Waals surface area contributed by atoms with Crippen LogP contribution in [0.4, 0.5) is 0 Å². The molecule has 2 unspecified atom stereocenters. The lowest BCUT2D eigenvalue weighted by Gasteiger charge is -2.33. The Balaban J connectivity index is 1.55. The SMILES string of the molecule is CNCC1CCCN(CC2Cc3cc(Cl)ccc3O2)C1. The first-order valence-electron chi connectivity index (χ1n) is 7.56. The number of hydrogen-bond acceptors (Lipinski definition) is 3. The predicted octanol–water partition coefficient (Wildman–Crippen LogP) is 2.57. The van der Waals surface area contributed by atoms with Gasteiger partial charge in [0.1, 0.15) is 11.9 Å². The van der Waals surface area contributed by atoms with Crippen molar-refractivity contribution < 1.29 is 4.74 Å². The van der Waals surface area contributed by atoms with Crippen molar-refractivity contribution in [2.75, 3.05) is 33.2 Å². The Labute approximate surface area is 126 Å². The van der Waals surface area contributed by atoms with E-state index in [9.17, 15) is 0 Å². The van der Waals surface area contributed by atoms with Gasteiger partial charge in [-0.15, -0.1) is 0 Å². The van der Waals surface area contributed by atoms with Crippen LogP contribution in [0.15, 0.2) is 18.2 Å². The molecule has 2 heterocycles. The van der Waals surface area contributed by atoms with Crippen molar-refractivity contribution in [3.05, 3.63) is 28.8 Å². The van der Waals surface area contributed by atoms with E-state index in [-0.39, 0.29) is 6.10 Å². The van der Waals surface area contributed by atoms with E-state index in [0.29, 0.717) is 0 Å². The van der Waals surface area contributed by atoms with Crippen LogP contribution in [0.3, 0.4) is 0 Å². The summed E-state index contributed by atoms with van der Waals surface area (Å²) in [6, 6.07) is 5.95. The van der Waals surface area contributed by atoms with Gasteiger partial charge in [-0.1, -0.05) is 11.6 Å². The molecule has 0 bridgehead atoms. The molecule has 0 radical (unpaired) electrons. The molecule has 0 aromatic heterocycles. The van der Waals surface area contributed by atoms with Crippen molar-refractivity contribution >= 4 is 11.6 Å². The number of hydrogen-bond donors (Lipinski definition) is 1. The topological polar surface area (TPSA) is 24.5 Å². The Kier molecular flexibility index (Phi) is 4.49. The molecule has 0 spiro atoms. The van der Waals surface area contributed by atoms with E-state index in [2.05, 4.69) is 10.2 Å². The standard InChI is InChI=1S/C16H23ClN2O/c1-18-9-12-3-2-6-19(10-12)11-15-8-13-7-14(17)4-5-16(13)20-15/h4-5,7,12,15,18H,2-3,6,8-11H2,1H3. The van der Waals surface area contributed by atoms with E-state index >= 15 is 0 Å². The van der Waals surface area contributed by atoms with Crippen molar-refractivity contribution in [1.82, 2.24) is 10.2 Å². The molecule has 0 saturated carbocycles. The van der Waals surface area contributed by atoms with Gasteiger partial charge in [-0.3, -0.25) is 4.90 Å².